The highest BCUT2D eigenvalue weighted by molar-refractivity contribution is 9.09. The van der Waals surface area contributed by atoms with Gasteiger partial charge in [-0.25, -0.2) is 0 Å². The van der Waals surface area contributed by atoms with Crippen LogP contribution < -0.4 is 12.4 Å². The van der Waals surface area contributed by atoms with Gasteiger partial charge in [-0.05, 0) is 41.6 Å². The van der Waals surface area contributed by atoms with E-state index in [9.17, 15) is 0 Å². The smallest absolute Gasteiger partial charge is 0.134 e. The van der Waals surface area contributed by atoms with E-state index in [1.165, 1.54) is 75.4 Å². The van der Waals surface area contributed by atoms with Crippen molar-refractivity contribution < 1.29 is 16.9 Å². The Balaban J connectivity index is 0. The van der Waals surface area contributed by atoms with Gasteiger partial charge in [0.15, 0.2) is 0 Å². The second-order valence-corrected chi connectivity index (χ2v) is 6.16. The molecule has 18 heavy (non-hydrogen) atoms. The van der Waals surface area contributed by atoms with Gasteiger partial charge in [0.2, 0.25) is 0 Å². The lowest BCUT2D eigenvalue weighted by atomic mass is 10.1. The number of rotatable bonds is 12. The van der Waals surface area contributed by atoms with Crippen molar-refractivity contribution in [1.29, 1.82) is 0 Å². The van der Waals surface area contributed by atoms with Gasteiger partial charge in [-0.2, -0.15) is 0 Å². The van der Waals surface area contributed by atoms with Gasteiger partial charge in [-0.15, -0.1) is 0 Å². The van der Waals surface area contributed by atoms with Gasteiger partial charge in [-0.1, -0.05) is 46.0 Å². The molecule has 0 N–H and O–H groups in total. The van der Waals surface area contributed by atoms with Crippen molar-refractivity contribution in [2.24, 2.45) is 0 Å². The second-order valence-electron chi connectivity index (χ2n) is 5.66. The zero-order valence-electron chi connectivity index (χ0n) is 12.7. The molecule has 0 bridgehead atoms. The third kappa shape index (κ3) is 11.8. The minimum Gasteiger partial charge on any atom is -1.00 e. The average Bonchev–Trinajstić information content (AvgIpc) is 2.34. The third-order valence-corrected chi connectivity index (χ3v) is 4.85. The molecule has 0 radical (unpaired) electrons. The summed E-state index contributed by atoms with van der Waals surface area (Å²) in [7, 11) is 2.40. The molecule has 3 heteroatoms. The Morgan fingerprint density at radius 1 is 0.722 bits per heavy atom. The first kappa shape index (κ1) is 21.0. The molecule has 0 heterocycles. The zero-order chi connectivity index (χ0) is 13.0. The van der Waals surface area contributed by atoms with Crippen molar-refractivity contribution in [3.8, 4) is 0 Å². The SMILES string of the molecule is CCCCCCCC[N+](C)(CBr)CCCCC.[Cl-]. The fraction of sp³-hybridized carbons (Fsp3) is 1.00. The van der Waals surface area contributed by atoms with Crippen LogP contribution in [0.2, 0.25) is 0 Å². The van der Waals surface area contributed by atoms with Gasteiger partial charge in [0.05, 0.1) is 20.1 Å². The zero-order valence-corrected chi connectivity index (χ0v) is 15.0. The normalized spacial score (nSPS) is 14.0. The number of nitrogens with zero attached hydrogens (tertiary/aromatic N) is 1. The van der Waals surface area contributed by atoms with Crippen molar-refractivity contribution >= 4 is 15.9 Å². The summed E-state index contributed by atoms with van der Waals surface area (Å²) in [6.45, 7) is 7.26. The van der Waals surface area contributed by atoms with Crippen molar-refractivity contribution in [2.75, 3.05) is 25.6 Å². The molecule has 0 rings (SSSR count). The molecule has 0 aromatic rings. The number of hydrogen-bond donors (Lipinski definition) is 0. The van der Waals surface area contributed by atoms with Gasteiger partial charge in [0.1, 0.15) is 5.45 Å². The minimum atomic E-state index is 0. The van der Waals surface area contributed by atoms with Gasteiger partial charge in [0.25, 0.3) is 0 Å². The Bertz CT molecular complexity index is 167. The highest BCUT2D eigenvalue weighted by Crippen LogP contribution is 2.13. The molecule has 0 aliphatic carbocycles. The predicted octanol–water partition coefficient (Wildman–Crippen LogP) is 2.34. The Hall–Kier alpha value is 0.730. The van der Waals surface area contributed by atoms with Crippen molar-refractivity contribution in [3.05, 3.63) is 0 Å². The van der Waals surface area contributed by atoms with Gasteiger partial charge in [0, 0.05) is 0 Å². The Morgan fingerprint density at radius 3 is 1.61 bits per heavy atom. The van der Waals surface area contributed by atoms with E-state index < -0.39 is 0 Å². The maximum Gasteiger partial charge on any atom is 0.134 e. The first-order chi connectivity index (χ1) is 8.18. The maximum atomic E-state index is 3.69. The topological polar surface area (TPSA) is 0 Å². The summed E-state index contributed by atoms with van der Waals surface area (Å²) in [5, 5.41) is 0. The summed E-state index contributed by atoms with van der Waals surface area (Å²) in [5.41, 5.74) is 1.12. The van der Waals surface area contributed by atoms with Crippen molar-refractivity contribution in [3.63, 3.8) is 0 Å². The van der Waals surface area contributed by atoms with Crippen molar-refractivity contribution in [2.45, 2.75) is 71.6 Å². The highest BCUT2D eigenvalue weighted by atomic mass is 79.9. The van der Waals surface area contributed by atoms with E-state index in [0.717, 1.165) is 5.45 Å². The van der Waals surface area contributed by atoms with Crippen LogP contribution in [0.15, 0.2) is 0 Å². The second kappa shape index (κ2) is 14.1. The molecule has 0 fully saturated rings. The number of alkyl halides is 1. The number of quaternary nitrogens is 1. The van der Waals surface area contributed by atoms with E-state index in [0.29, 0.717) is 0 Å². The first-order valence-electron chi connectivity index (χ1n) is 7.58. The lowest BCUT2D eigenvalue weighted by molar-refractivity contribution is -0.896. The minimum absolute atomic E-state index is 0. The summed E-state index contributed by atoms with van der Waals surface area (Å²) < 4.78 is 1.22. The quantitative estimate of drug-likeness (QED) is 0.221. The summed E-state index contributed by atoms with van der Waals surface area (Å²) in [6, 6.07) is 0. The van der Waals surface area contributed by atoms with Crippen LogP contribution in [0.25, 0.3) is 0 Å². The third-order valence-electron chi connectivity index (χ3n) is 3.64. The number of unbranched alkanes of at least 4 members (excludes halogenated alkanes) is 7. The molecule has 112 valence electrons. The van der Waals surface area contributed by atoms with E-state index in [1.807, 2.05) is 0 Å². The summed E-state index contributed by atoms with van der Waals surface area (Å²) in [6.07, 6.45) is 12.6. The van der Waals surface area contributed by atoms with Crippen LogP contribution in [0.4, 0.5) is 0 Å². The van der Waals surface area contributed by atoms with Crippen LogP contribution in [-0.4, -0.2) is 30.1 Å². The summed E-state index contributed by atoms with van der Waals surface area (Å²) in [5.74, 6) is 0. The standard InChI is InChI=1S/C15H33BrN.ClH/c1-4-6-8-9-10-12-14-17(3,15-16)13-11-7-5-2;/h4-15H2,1-3H3;1H/q+1;/p-1. The van der Waals surface area contributed by atoms with E-state index >= 15 is 0 Å². The monoisotopic (exact) mass is 341 g/mol. The molecule has 0 aromatic heterocycles. The summed E-state index contributed by atoms with van der Waals surface area (Å²) >= 11 is 3.69. The Morgan fingerprint density at radius 2 is 1.11 bits per heavy atom. The molecular weight excluding hydrogens is 310 g/mol. The van der Waals surface area contributed by atoms with Gasteiger partial charge in [-0.3, -0.25) is 0 Å². The van der Waals surface area contributed by atoms with E-state index in [-0.39, 0.29) is 12.4 Å². The average molecular weight is 343 g/mol. The van der Waals surface area contributed by atoms with Crippen LogP contribution in [-0.2, 0) is 0 Å². The Kier molecular flexibility index (Phi) is 16.5. The molecule has 1 unspecified atom stereocenters. The molecule has 0 aliphatic rings. The van der Waals surface area contributed by atoms with Crippen LogP contribution in [0.3, 0.4) is 0 Å². The predicted molar refractivity (Wildman–Crippen MR) is 82.6 cm³/mol. The van der Waals surface area contributed by atoms with Crippen LogP contribution in [0.5, 0.6) is 0 Å². The molecule has 1 atom stereocenters. The van der Waals surface area contributed by atoms with E-state index in [1.54, 1.807) is 0 Å². The Labute approximate surface area is 130 Å². The largest absolute Gasteiger partial charge is 1.00 e. The maximum absolute atomic E-state index is 3.69. The van der Waals surface area contributed by atoms with Crippen LogP contribution >= 0.6 is 15.9 Å². The molecule has 0 saturated heterocycles. The lowest BCUT2D eigenvalue weighted by Gasteiger charge is -2.32. The summed E-state index contributed by atoms with van der Waals surface area (Å²) in [4.78, 5) is 0. The van der Waals surface area contributed by atoms with Gasteiger partial charge >= 0.3 is 0 Å². The molecule has 0 spiro atoms. The van der Waals surface area contributed by atoms with Crippen LogP contribution in [0.1, 0.15) is 71.6 Å². The molecule has 0 aromatic carbocycles. The fourth-order valence-electron chi connectivity index (χ4n) is 2.25. The highest BCUT2D eigenvalue weighted by Gasteiger charge is 2.18. The van der Waals surface area contributed by atoms with Gasteiger partial charge < -0.3 is 16.9 Å². The first-order valence-corrected chi connectivity index (χ1v) is 8.70. The van der Waals surface area contributed by atoms with E-state index in [2.05, 4.69) is 36.8 Å². The number of hydrogen-bond acceptors (Lipinski definition) is 0. The molecule has 1 nitrogen and oxygen atoms in total. The molecule has 0 aliphatic heterocycles. The molecule has 0 amide bonds. The van der Waals surface area contributed by atoms with E-state index in [4.69, 9.17) is 0 Å². The number of halogens is 2. The van der Waals surface area contributed by atoms with Crippen molar-refractivity contribution in [1.82, 2.24) is 0 Å². The lowest BCUT2D eigenvalue weighted by Crippen LogP contribution is -3.00. The molecule has 0 saturated carbocycles. The fourth-order valence-corrected chi connectivity index (χ4v) is 2.75. The molecular formula is C15H33BrClN. The van der Waals surface area contributed by atoms with Crippen LogP contribution in [0, 0.1) is 0 Å².